The normalized spacial score (nSPS) is 13.8. The van der Waals surface area contributed by atoms with Gasteiger partial charge in [-0.25, -0.2) is 0 Å². The maximum absolute atomic E-state index is 4.86. The molecule has 0 aromatic heterocycles. The van der Waals surface area contributed by atoms with Gasteiger partial charge in [-0.1, -0.05) is 89.2 Å². The second-order valence-electron chi connectivity index (χ2n) is 7.84. The van der Waals surface area contributed by atoms with E-state index in [4.69, 9.17) is 12.6 Å². The fourth-order valence-electron chi connectivity index (χ4n) is 3.10. The molecule has 1 atom stereocenters. The van der Waals surface area contributed by atoms with E-state index in [1.165, 1.54) is 16.7 Å². The third kappa shape index (κ3) is 4.41. The number of benzene rings is 2. The maximum Gasteiger partial charge on any atom is 0.0165 e. The largest absolute Gasteiger partial charge is 0.172 e. The van der Waals surface area contributed by atoms with Gasteiger partial charge >= 0.3 is 0 Å². The zero-order chi connectivity index (χ0) is 17.1. The molecule has 0 aliphatic carbocycles. The summed E-state index contributed by atoms with van der Waals surface area (Å²) in [5.74, 6) is 0.623. The highest BCUT2D eigenvalue weighted by Crippen LogP contribution is 2.41. The number of rotatable bonds is 6. The topological polar surface area (TPSA) is 0 Å². The van der Waals surface area contributed by atoms with Crippen LogP contribution < -0.4 is 0 Å². The van der Waals surface area contributed by atoms with Crippen molar-refractivity contribution in [2.45, 2.75) is 57.6 Å². The lowest BCUT2D eigenvalue weighted by molar-refractivity contribution is 0.409. The molecule has 0 aliphatic rings. The Morgan fingerprint density at radius 3 is 2.00 bits per heavy atom. The molecular formula is C22H30S. The number of hydrogen-bond acceptors (Lipinski definition) is 1. The first-order chi connectivity index (χ1) is 10.7. The number of thiol groups is 1. The van der Waals surface area contributed by atoms with Gasteiger partial charge in [0.05, 0.1) is 0 Å². The van der Waals surface area contributed by atoms with E-state index in [-0.39, 0.29) is 10.2 Å². The zero-order valence-electron chi connectivity index (χ0n) is 15.1. The molecule has 2 aromatic carbocycles. The lowest BCUT2D eigenvalue weighted by atomic mass is 9.71. The minimum absolute atomic E-state index is 0.0270. The van der Waals surface area contributed by atoms with Crippen LogP contribution in [0, 0.1) is 5.92 Å². The molecular weight excluding hydrogens is 296 g/mol. The van der Waals surface area contributed by atoms with E-state index in [1.54, 1.807) is 0 Å². The average molecular weight is 327 g/mol. The molecule has 0 N–H and O–H groups in total. The summed E-state index contributed by atoms with van der Waals surface area (Å²) in [7, 11) is 0. The Morgan fingerprint density at radius 2 is 1.39 bits per heavy atom. The molecule has 0 aliphatic heterocycles. The lowest BCUT2D eigenvalue weighted by Crippen LogP contribution is -2.38. The van der Waals surface area contributed by atoms with Gasteiger partial charge in [-0.15, -0.1) is 0 Å². The van der Waals surface area contributed by atoms with Crippen LogP contribution in [0.4, 0.5) is 0 Å². The Hall–Kier alpha value is -1.21. The molecule has 1 unspecified atom stereocenters. The van der Waals surface area contributed by atoms with Crippen molar-refractivity contribution >= 4 is 12.6 Å². The average Bonchev–Trinajstić information content (AvgIpc) is 2.47. The Balaban J connectivity index is 2.21. The van der Waals surface area contributed by atoms with Crippen molar-refractivity contribution in [3.05, 3.63) is 71.3 Å². The predicted octanol–water partition coefficient (Wildman–Crippen LogP) is 6.09. The molecule has 0 fully saturated rings. The van der Waals surface area contributed by atoms with Crippen molar-refractivity contribution in [2.75, 3.05) is 0 Å². The van der Waals surface area contributed by atoms with Gasteiger partial charge in [0.25, 0.3) is 0 Å². The van der Waals surface area contributed by atoms with Crippen molar-refractivity contribution in [3.63, 3.8) is 0 Å². The van der Waals surface area contributed by atoms with Gasteiger partial charge in [-0.2, -0.15) is 12.6 Å². The molecule has 0 saturated carbocycles. The molecule has 23 heavy (non-hydrogen) atoms. The van der Waals surface area contributed by atoms with Crippen LogP contribution in [-0.4, -0.2) is 4.75 Å². The van der Waals surface area contributed by atoms with E-state index < -0.39 is 0 Å². The van der Waals surface area contributed by atoms with Gasteiger partial charge in [0.2, 0.25) is 0 Å². The summed E-state index contributed by atoms with van der Waals surface area (Å²) in [6.07, 6.45) is 2.23. The lowest BCUT2D eigenvalue weighted by Gasteiger charge is -2.40. The third-order valence-electron chi connectivity index (χ3n) is 5.22. The quantitative estimate of drug-likeness (QED) is 0.610. The van der Waals surface area contributed by atoms with Crippen LogP contribution in [0.15, 0.2) is 54.6 Å². The van der Waals surface area contributed by atoms with Gasteiger partial charge in [-0.3, -0.25) is 0 Å². The van der Waals surface area contributed by atoms with Crippen molar-refractivity contribution in [3.8, 4) is 0 Å². The van der Waals surface area contributed by atoms with E-state index in [2.05, 4.69) is 89.2 Å². The summed E-state index contributed by atoms with van der Waals surface area (Å²) < 4.78 is -0.0637. The van der Waals surface area contributed by atoms with E-state index in [0.29, 0.717) is 5.92 Å². The second kappa shape index (κ2) is 7.13. The molecule has 0 amide bonds. The predicted molar refractivity (Wildman–Crippen MR) is 106 cm³/mol. The van der Waals surface area contributed by atoms with Crippen molar-refractivity contribution in [1.82, 2.24) is 0 Å². The molecule has 1 heteroatoms. The molecule has 0 nitrogen and oxygen atoms in total. The standard InChI is InChI=1S/C22H30S/c1-17(15-18-11-7-6-8-12-18)16-19-13-9-10-14-20(19)21(2,3)22(4,5)23/h6-14,17,23H,15-16H2,1-5H3. The third-order valence-corrected chi connectivity index (χ3v) is 5.77. The van der Waals surface area contributed by atoms with Crippen LogP contribution in [0.3, 0.4) is 0 Å². The fourth-order valence-corrected chi connectivity index (χ4v) is 3.22. The second-order valence-corrected chi connectivity index (χ2v) is 8.96. The monoisotopic (exact) mass is 326 g/mol. The number of hydrogen-bond donors (Lipinski definition) is 1. The van der Waals surface area contributed by atoms with E-state index in [1.807, 2.05) is 0 Å². The summed E-state index contributed by atoms with van der Waals surface area (Å²) >= 11 is 4.86. The van der Waals surface area contributed by atoms with Gasteiger partial charge < -0.3 is 0 Å². The van der Waals surface area contributed by atoms with Crippen LogP contribution in [0.1, 0.15) is 51.3 Å². The van der Waals surface area contributed by atoms with Gasteiger partial charge in [0, 0.05) is 10.2 Å². The van der Waals surface area contributed by atoms with Gasteiger partial charge in [0.15, 0.2) is 0 Å². The Morgan fingerprint density at radius 1 is 0.826 bits per heavy atom. The van der Waals surface area contributed by atoms with Crippen LogP contribution >= 0.6 is 12.6 Å². The highest BCUT2D eigenvalue weighted by Gasteiger charge is 2.36. The molecule has 0 saturated heterocycles. The Labute approximate surface area is 147 Å². The SMILES string of the molecule is CC(Cc1ccccc1)Cc1ccccc1C(C)(C)C(C)(C)S. The molecule has 2 rings (SSSR count). The van der Waals surface area contributed by atoms with Crippen molar-refractivity contribution in [1.29, 1.82) is 0 Å². The minimum Gasteiger partial charge on any atom is -0.172 e. The first kappa shape index (κ1) is 18.1. The van der Waals surface area contributed by atoms with Crippen LogP contribution in [-0.2, 0) is 18.3 Å². The molecule has 0 spiro atoms. The van der Waals surface area contributed by atoms with Crippen LogP contribution in [0.5, 0.6) is 0 Å². The van der Waals surface area contributed by atoms with Gasteiger partial charge in [0.1, 0.15) is 0 Å². The van der Waals surface area contributed by atoms with E-state index >= 15 is 0 Å². The fraction of sp³-hybridized carbons (Fsp3) is 0.455. The smallest absolute Gasteiger partial charge is 0.0165 e. The molecule has 0 heterocycles. The highest BCUT2D eigenvalue weighted by atomic mass is 32.1. The van der Waals surface area contributed by atoms with E-state index in [9.17, 15) is 0 Å². The summed E-state index contributed by atoms with van der Waals surface area (Å²) in [6.45, 7) is 11.4. The Bertz CT molecular complexity index is 620. The van der Waals surface area contributed by atoms with Crippen molar-refractivity contribution in [2.24, 2.45) is 5.92 Å². The first-order valence-electron chi connectivity index (χ1n) is 8.56. The molecule has 0 bridgehead atoms. The summed E-state index contributed by atoms with van der Waals surface area (Å²) in [6, 6.07) is 19.7. The van der Waals surface area contributed by atoms with Crippen molar-refractivity contribution < 1.29 is 0 Å². The molecule has 124 valence electrons. The van der Waals surface area contributed by atoms with Crippen LogP contribution in [0.2, 0.25) is 0 Å². The highest BCUT2D eigenvalue weighted by molar-refractivity contribution is 7.81. The summed E-state index contributed by atoms with van der Waals surface area (Å²) in [5.41, 5.74) is 4.34. The Kier molecular flexibility index (Phi) is 5.62. The van der Waals surface area contributed by atoms with E-state index in [0.717, 1.165) is 12.8 Å². The first-order valence-corrected chi connectivity index (χ1v) is 9.01. The zero-order valence-corrected chi connectivity index (χ0v) is 16.0. The minimum atomic E-state index is -0.0637. The van der Waals surface area contributed by atoms with Crippen LogP contribution in [0.25, 0.3) is 0 Å². The van der Waals surface area contributed by atoms with Gasteiger partial charge in [-0.05, 0) is 35.4 Å². The maximum atomic E-state index is 4.86. The molecule has 0 radical (unpaired) electrons. The summed E-state index contributed by atoms with van der Waals surface area (Å²) in [5, 5.41) is 0. The molecule has 2 aromatic rings. The summed E-state index contributed by atoms with van der Waals surface area (Å²) in [4.78, 5) is 0.